The van der Waals surface area contributed by atoms with E-state index < -0.39 is 28.4 Å². The summed E-state index contributed by atoms with van der Waals surface area (Å²) in [6, 6.07) is 8.62. The standard InChI is InChI=1S/C18H18Cl2N2O5S/c1-11-8-12(18(24)27-3)4-7-16(11)28(25,26)22(2)10-17(23)21-13-5-6-14(19)15(20)9-13/h4-9H,10H2,1-3H3,(H,21,23). The molecule has 0 spiro atoms. The first-order valence-corrected chi connectivity index (χ1v) is 10.2. The van der Waals surface area contributed by atoms with Crippen molar-refractivity contribution in [2.45, 2.75) is 11.8 Å². The van der Waals surface area contributed by atoms with E-state index >= 15 is 0 Å². The number of methoxy groups -OCH3 is 1. The van der Waals surface area contributed by atoms with Crippen molar-refractivity contribution in [1.82, 2.24) is 4.31 Å². The largest absolute Gasteiger partial charge is 0.465 e. The van der Waals surface area contributed by atoms with Gasteiger partial charge in [-0.05, 0) is 48.9 Å². The summed E-state index contributed by atoms with van der Waals surface area (Å²) < 4.78 is 31.1. The number of nitrogens with one attached hydrogen (secondary N) is 1. The number of carbonyl (C=O) groups is 2. The van der Waals surface area contributed by atoms with Gasteiger partial charge in [-0.2, -0.15) is 4.31 Å². The summed E-state index contributed by atoms with van der Waals surface area (Å²) in [5, 5.41) is 3.17. The van der Waals surface area contributed by atoms with Gasteiger partial charge in [0.2, 0.25) is 15.9 Å². The Bertz CT molecular complexity index is 1020. The third-order valence-electron chi connectivity index (χ3n) is 3.85. The van der Waals surface area contributed by atoms with Crippen LogP contribution in [0, 0.1) is 6.92 Å². The molecule has 2 rings (SSSR count). The van der Waals surface area contributed by atoms with Crippen LogP contribution in [0.3, 0.4) is 0 Å². The summed E-state index contributed by atoms with van der Waals surface area (Å²) >= 11 is 11.7. The van der Waals surface area contributed by atoms with Gasteiger partial charge in [0, 0.05) is 12.7 Å². The summed E-state index contributed by atoms with van der Waals surface area (Å²) in [7, 11) is -1.42. The van der Waals surface area contributed by atoms with E-state index in [1.807, 2.05) is 0 Å². The Kier molecular flexibility index (Phi) is 7.06. The molecule has 0 aromatic heterocycles. The maximum absolute atomic E-state index is 12.8. The molecule has 0 fully saturated rings. The summed E-state index contributed by atoms with van der Waals surface area (Å²) in [4.78, 5) is 23.8. The van der Waals surface area contributed by atoms with Crippen LogP contribution in [-0.4, -0.2) is 45.3 Å². The first kappa shape index (κ1) is 22.2. The molecule has 0 heterocycles. The maximum atomic E-state index is 12.8. The number of nitrogens with zero attached hydrogens (tertiary/aromatic N) is 1. The second-order valence-corrected chi connectivity index (χ2v) is 8.74. The Balaban J connectivity index is 2.15. The van der Waals surface area contributed by atoms with Crippen molar-refractivity contribution in [3.8, 4) is 0 Å². The van der Waals surface area contributed by atoms with E-state index in [0.29, 0.717) is 16.3 Å². The van der Waals surface area contributed by atoms with Crippen molar-refractivity contribution in [2.75, 3.05) is 26.0 Å². The number of amides is 1. The molecule has 0 bridgehead atoms. The van der Waals surface area contributed by atoms with Crippen LogP contribution in [0.1, 0.15) is 15.9 Å². The molecule has 0 radical (unpaired) electrons. The van der Waals surface area contributed by atoms with Crippen molar-refractivity contribution < 1.29 is 22.7 Å². The number of hydrogen-bond acceptors (Lipinski definition) is 5. The van der Waals surface area contributed by atoms with E-state index in [-0.39, 0.29) is 15.5 Å². The van der Waals surface area contributed by atoms with Gasteiger partial charge in [-0.3, -0.25) is 4.79 Å². The fourth-order valence-corrected chi connectivity index (χ4v) is 4.04. The molecule has 28 heavy (non-hydrogen) atoms. The van der Waals surface area contributed by atoms with Gasteiger partial charge in [0.05, 0.1) is 34.2 Å². The van der Waals surface area contributed by atoms with Crippen molar-refractivity contribution in [3.05, 3.63) is 57.6 Å². The Morgan fingerprint density at radius 3 is 2.36 bits per heavy atom. The highest BCUT2D eigenvalue weighted by atomic mass is 35.5. The van der Waals surface area contributed by atoms with E-state index in [9.17, 15) is 18.0 Å². The lowest BCUT2D eigenvalue weighted by molar-refractivity contribution is -0.116. The molecule has 0 aliphatic rings. The number of ether oxygens (including phenoxy) is 1. The maximum Gasteiger partial charge on any atom is 0.337 e. The molecule has 0 aliphatic heterocycles. The molecular weight excluding hydrogens is 427 g/mol. The molecular formula is C18H18Cl2N2O5S. The highest BCUT2D eigenvalue weighted by Gasteiger charge is 2.25. The van der Waals surface area contributed by atoms with Crippen molar-refractivity contribution in [1.29, 1.82) is 0 Å². The number of carbonyl (C=O) groups excluding carboxylic acids is 2. The topological polar surface area (TPSA) is 92.8 Å². The monoisotopic (exact) mass is 444 g/mol. The number of aryl methyl sites for hydroxylation is 1. The Labute approximate surface area is 173 Å². The molecule has 10 heteroatoms. The summed E-state index contributed by atoms with van der Waals surface area (Å²) in [5.74, 6) is -1.12. The van der Waals surface area contributed by atoms with Crippen molar-refractivity contribution in [2.24, 2.45) is 0 Å². The van der Waals surface area contributed by atoms with Crippen LogP contribution in [0.2, 0.25) is 10.0 Å². The Morgan fingerprint density at radius 2 is 1.79 bits per heavy atom. The van der Waals surface area contributed by atoms with E-state index in [0.717, 1.165) is 4.31 Å². The summed E-state index contributed by atoms with van der Waals surface area (Å²) in [5.41, 5.74) is 0.988. The average Bonchev–Trinajstić information content (AvgIpc) is 2.63. The third kappa shape index (κ3) is 5.02. The smallest absolute Gasteiger partial charge is 0.337 e. The second-order valence-electron chi connectivity index (χ2n) is 5.91. The summed E-state index contributed by atoms with van der Waals surface area (Å²) in [6.45, 7) is 1.14. The van der Waals surface area contributed by atoms with Crippen LogP contribution in [0.25, 0.3) is 0 Å². The molecule has 0 unspecified atom stereocenters. The van der Waals surface area contributed by atoms with Crippen LogP contribution < -0.4 is 5.32 Å². The molecule has 2 aromatic carbocycles. The fourth-order valence-electron chi connectivity index (χ4n) is 2.41. The molecule has 2 aromatic rings. The van der Waals surface area contributed by atoms with E-state index in [4.69, 9.17) is 23.2 Å². The zero-order chi connectivity index (χ0) is 21.1. The Hall–Kier alpha value is -2.13. The molecule has 150 valence electrons. The lowest BCUT2D eigenvalue weighted by Crippen LogP contribution is -2.35. The first-order chi connectivity index (χ1) is 13.1. The van der Waals surface area contributed by atoms with Crippen molar-refractivity contribution >= 4 is 50.8 Å². The number of benzene rings is 2. The van der Waals surface area contributed by atoms with Gasteiger partial charge < -0.3 is 10.1 Å². The predicted molar refractivity (Wildman–Crippen MR) is 107 cm³/mol. The third-order valence-corrected chi connectivity index (χ3v) is 6.56. The van der Waals surface area contributed by atoms with Crippen molar-refractivity contribution in [3.63, 3.8) is 0 Å². The molecule has 7 nitrogen and oxygen atoms in total. The van der Waals surface area contributed by atoms with E-state index in [2.05, 4.69) is 10.1 Å². The highest BCUT2D eigenvalue weighted by Crippen LogP contribution is 2.25. The van der Waals surface area contributed by atoms with Gasteiger partial charge in [0.1, 0.15) is 0 Å². The summed E-state index contributed by atoms with van der Waals surface area (Å²) in [6.07, 6.45) is 0. The molecule has 1 N–H and O–H groups in total. The van der Waals surface area contributed by atoms with Crippen LogP contribution >= 0.6 is 23.2 Å². The molecule has 1 amide bonds. The zero-order valence-corrected chi connectivity index (χ0v) is 17.7. The zero-order valence-electron chi connectivity index (χ0n) is 15.3. The average molecular weight is 445 g/mol. The molecule has 0 atom stereocenters. The van der Waals surface area contributed by atoms with Crippen LogP contribution in [0.5, 0.6) is 0 Å². The molecule has 0 saturated carbocycles. The van der Waals surface area contributed by atoms with Gasteiger partial charge >= 0.3 is 5.97 Å². The van der Waals surface area contributed by atoms with Crippen LogP contribution in [0.15, 0.2) is 41.3 Å². The fraction of sp³-hybridized carbons (Fsp3) is 0.222. The van der Waals surface area contributed by atoms with Gasteiger partial charge in [-0.15, -0.1) is 0 Å². The minimum absolute atomic E-state index is 0.00927. The first-order valence-electron chi connectivity index (χ1n) is 7.96. The van der Waals surface area contributed by atoms with E-state index in [1.54, 1.807) is 13.0 Å². The van der Waals surface area contributed by atoms with E-state index in [1.165, 1.54) is 44.5 Å². The van der Waals surface area contributed by atoms with Gasteiger partial charge in [0.25, 0.3) is 0 Å². The number of likely N-dealkylation sites (N-methyl/N-ethyl adjacent to an activating group) is 1. The second kappa shape index (κ2) is 8.91. The number of sulfonamides is 1. The number of anilines is 1. The molecule has 0 aliphatic carbocycles. The number of halogens is 2. The number of hydrogen-bond donors (Lipinski definition) is 1. The Morgan fingerprint density at radius 1 is 1.11 bits per heavy atom. The van der Waals surface area contributed by atoms with Crippen LogP contribution in [0.4, 0.5) is 5.69 Å². The lowest BCUT2D eigenvalue weighted by Gasteiger charge is -2.18. The minimum atomic E-state index is -3.95. The normalized spacial score (nSPS) is 11.4. The molecule has 0 saturated heterocycles. The van der Waals surface area contributed by atoms with Crippen LogP contribution in [-0.2, 0) is 19.6 Å². The SMILES string of the molecule is COC(=O)c1ccc(S(=O)(=O)N(C)CC(=O)Nc2ccc(Cl)c(Cl)c2)c(C)c1. The lowest BCUT2D eigenvalue weighted by atomic mass is 10.1. The highest BCUT2D eigenvalue weighted by molar-refractivity contribution is 7.89. The number of esters is 1. The van der Waals surface area contributed by atoms with Gasteiger partial charge in [-0.25, -0.2) is 13.2 Å². The van der Waals surface area contributed by atoms with Gasteiger partial charge in [0.15, 0.2) is 0 Å². The number of rotatable bonds is 6. The minimum Gasteiger partial charge on any atom is -0.465 e. The predicted octanol–water partition coefficient (Wildman–Crippen LogP) is 3.35. The quantitative estimate of drug-likeness (QED) is 0.689. The van der Waals surface area contributed by atoms with Gasteiger partial charge in [-0.1, -0.05) is 23.2 Å².